The summed E-state index contributed by atoms with van der Waals surface area (Å²) in [5, 5.41) is 14.1. The van der Waals surface area contributed by atoms with Gasteiger partial charge in [0.1, 0.15) is 11.8 Å². The van der Waals surface area contributed by atoms with E-state index in [1.807, 2.05) is 6.07 Å². The number of nitrogens with zero attached hydrogens (tertiary/aromatic N) is 1. The molecule has 7 heteroatoms. The van der Waals surface area contributed by atoms with Crippen molar-refractivity contribution in [3.8, 4) is 11.8 Å². The Kier molecular flexibility index (Phi) is 6.77. The molecule has 0 bridgehead atoms. The Morgan fingerprint density at radius 1 is 1.19 bits per heavy atom. The molecule has 0 atom stereocenters. The van der Waals surface area contributed by atoms with Crippen LogP contribution >= 0.6 is 11.6 Å². The number of carbonyl (C=O) groups is 2. The number of benzene rings is 2. The normalized spacial score (nSPS) is 10.2. The molecule has 6 nitrogen and oxygen atoms in total. The van der Waals surface area contributed by atoms with E-state index in [0.29, 0.717) is 22.1 Å². The predicted molar refractivity (Wildman–Crippen MR) is 101 cm³/mol. The quantitative estimate of drug-likeness (QED) is 0.756. The number of nitrogens with one attached hydrogen (secondary N) is 2. The molecule has 0 saturated carbocycles. The first kappa shape index (κ1) is 19.0. The highest BCUT2D eigenvalue weighted by molar-refractivity contribution is 6.33. The maximum Gasteiger partial charge on any atom is 0.248 e. The lowest BCUT2D eigenvalue weighted by Gasteiger charge is -2.08. The van der Waals surface area contributed by atoms with Crippen LogP contribution in [-0.4, -0.2) is 18.4 Å². The molecule has 0 spiro atoms. The highest BCUT2D eigenvalue weighted by Gasteiger charge is 2.05. The predicted octanol–water partition coefficient (Wildman–Crippen LogP) is 3.85. The van der Waals surface area contributed by atoms with Crippen LogP contribution < -0.4 is 15.4 Å². The van der Waals surface area contributed by atoms with Gasteiger partial charge in [0.2, 0.25) is 11.8 Å². The third-order valence-electron chi connectivity index (χ3n) is 3.16. The summed E-state index contributed by atoms with van der Waals surface area (Å²) >= 11 is 5.99. The molecule has 0 saturated heterocycles. The Bertz CT molecular complexity index is 871. The van der Waals surface area contributed by atoms with Gasteiger partial charge < -0.3 is 15.4 Å². The fourth-order valence-corrected chi connectivity index (χ4v) is 2.20. The average molecular weight is 370 g/mol. The van der Waals surface area contributed by atoms with Crippen molar-refractivity contribution in [1.82, 2.24) is 0 Å². The standard InChI is InChI=1S/C19H16ClN3O3/c1-13(24)22-18-12-15(5-8-17(18)20)23-19(25)9-4-14-2-6-16(7-3-14)26-11-10-21/h2-9,12H,11H2,1H3,(H,22,24)(H,23,25). The van der Waals surface area contributed by atoms with Gasteiger partial charge in [0.05, 0.1) is 10.7 Å². The zero-order chi connectivity index (χ0) is 18.9. The molecule has 26 heavy (non-hydrogen) atoms. The van der Waals surface area contributed by atoms with E-state index >= 15 is 0 Å². The summed E-state index contributed by atoms with van der Waals surface area (Å²) in [6.45, 7) is 1.36. The van der Waals surface area contributed by atoms with Crippen molar-refractivity contribution < 1.29 is 14.3 Å². The van der Waals surface area contributed by atoms with Crippen molar-refractivity contribution in [2.24, 2.45) is 0 Å². The van der Waals surface area contributed by atoms with Crippen LogP contribution in [0.25, 0.3) is 6.08 Å². The lowest BCUT2D eigenvalue weighted by molar-refractivity contribution is -0.114. The number of hydrogen-bond donors (Lipinski definition) is 2. The zero-order valence-corrected chi connectivity index (χ0v) is 14.7. The SMILES string of the molecule is CC(=O)Nc1cc(NC(=O)C=Cc2ccc(OCC#N)cc2)ccc1Cl. The van der Waals surface area contributed by atoms with Crippen molar-refractivity contribution >= 4 is 40.9 Å². The average Bonchev–Trinajstić information content (AvgIpc) is 2.61. The lowest BCUT2D eigenvalue weighted by Crippen LogP contribution is -2.10. The van der Waals surface area contributed by atoms with Gasteiger partial charge in [-0.25, -0.2) is 0 Å². The number of amides is 2. The van der Waals surface area contributed by atoms with E-state index in [2.05, 4.69) is 10.6 Å². The van der Waals surface area contributed by atoms with Crippen LogP contribution in [0.1, 0.15) is 12.5 Å². The number of hydrogen-bond acceptors (Lipinski definition) is 4. The molecular formula is C19H16ClN3O3. The fourth-order valence-electron chi connectivity index (χ4n) is 2.04. The Labute approximate surface area is 156 Å². The van der Waals surface area contributed by atoms with Gasteiger partial charge >= 0.3 is 0 Å². The van der Waals surface area contributed by atoms with Crippen LogP contribution in [0.4, 0.5) is 11.4 Å². The highest BCUT2D eigenvalue weighted by atomic mass is 35.5. The topological polar surface area (TPSA) is 91.2 Å². The summed E-state index contributed by atoms with van der Waals surface area (Å²) < 4.78 is 5.16. The van der Waals surface area contributed by atoms with Gasteiger partial charge in [-0.1, -0.05) is 23.7 Å². The van der Waals surface area contributed by atoms with Gasteiger partial charge in [0.15, 0.2) is 6.61 Å². The van der Waals surface area contributed by atoms with Gasteiger partial charge in [-0.2, -0.15) is 5.26 Å². The maximum absolute atomic E-state index is 12.0. The molecule has 2 N–H and O–H groups in total. The third-order valence-corrected chi connectivity index (χ3v) is 3.48. The van der Waals surface area contributed by atoms with Crippen molar-refractivity contribution in [3.63, 3.8) is 0 Å². The summed E-state index contributed by atoms with van der Waals surface area (Å²) in [6, 6.07) is 13.7. The van der Waals surface area contributed by atoms with Crippen LogP contribution in [-0.2, 0) is 9.59 Å². The first-order valence-corrected chi connectivity index (χ1v) is 8.02. The molecule has 2 aromatic rings. The summed E-state index contributed by atoms with van der Waals surface area (Å²) in [6.07, 6.45) is 3.03. The second-order valence-corrected chi connectivity index (χ2v) is 5.62. The number of carbonyl (C=O) groups excluding carboxylic acids is 2. The van der Waals surface area contributed by atoms with E-state index in [-0.39, 0.29) is 18.4 Å². The molecule has 2 rings (SSSR count). The van der Waals surface area contributed by atoms with E-state index in [1.54, 1.807) is 48.5 Å². The van der Waals surface area contributed by atoms with Crippen LogP contribution in [0.3, 0.4) is 0 Å². The van der Waals surface area contributed by atoms with Gasteiger partial charge in [0, 0.05) is 18.7 Å². The fraction of sp³-hybridized carbons (Fsp3) is 0.105. The number of anilines is 2. The van der Waals surface area contributed by atoms with Gasteiger partial charge in [0.25, 0.3) is 0 Å². The van der Waals surface area contributed by atoms with E-state index in [0.717, 1.165) is 5.56 Å². The Morgan fingerprint density at radius 3 is 2.58 bits per heavy atom. The first-order valence-electron chi connectivity index (χ1n) is 7.64. The molecule has 132 valence electrons. The molecule has 2 amide bonds. The van der Waals surface area contributed by atoms with Crippen molar-refractivity contribution in [1.29, 1.82) is 5.26 Å². The molecule has 0 aliphatic heterocycles. The molecule has 0 aliphatic carbocycles. The van der Waals surface area contributed by atoms with Crippen molar-refractivity contribution in [3.05, 3.63) is 59.1 Å². The second-order valence-electron chi connectivity index (χ2n) is 5.21. The minimum atomic E-state index is -0.328. The van der Waals surface area contributed by atoms with Crippen LogP contribution in [0.15, 0.2) is 48.5 Å². The summed E-state index contributed by atoms with van der Waals surface area (Å²) in [7, 11) is 0. The van der Waals surface area contributed by atoms with E-state index < -0.39 is 0 Å². The van der Waals surface area contributed by atoms with Crippen molar-refractivity contribution in [2.45, 2.75) is 6.92 Å². The molecule has 0 heterocycles. The van der Waals surface area contributed by atoms with Crippen LogP contribution in [0.5, 0.6) is 5.75 Å². The van der Waals surface area contributed by atoms with Gasteiger partial charge in [-0.05, 0) is 42.0 Å². The molecule has 2 aromatic carbocycles. The molecular weight excluding hydrogens is 354 g/mol. The van der Waals surface area contributed by atoms with E-state index in [9.17, 15) is 9.59 Å². The smallest absolute Gasteiger partial charge is 0.248 e. The minimum Gasteiger partial charge on any atom is -0.479 e. The van der Waals surface area contributed by atoms with Crippen molar-refractivity contribution in [2.75, 3.05) is 17.2 Å². The zero-order valence-electron chi connectivity index (χ0n) is 14.0. The molecule has 0 aromatic heterocycles. The second kappa shape index (κ2) is 9.25. The highest BCUT2D eigenvalue weighted by Crippen LogP contribution is 2.25. The third kappa shape index (κ3) is 5.96. The molecule has 0 fully saturated rings. The largest absolute Gasteiger partial charge is 0.479 e. The van der Waals surface area contributed by atoms with Crippen LogP contribution in [0, 0.1) is 11.3 Å². The summed E-state index contributed by atoms with van der Waals surface area (Å²) in [5.41, 5.74) is 1.74. The van der Waals surface area contributed by atoms with Gasteiger partial charge in [-0.15, -0.1) is 0 Å². The number of rotatable bonds is 6. The molecule has 0 unspecified atom stereocenters. The number of halogens is 1. The Hall–Kier alpha value is -3.30. The minimum absolute atomic E-state index is 0.0147. The summed E-state index contributed by atoms with van der Waals surface area (Å²) in [4.78, 5) is 23.2. The monoisotopic (exact) mass is 369 g/mol. The Balaban J connectivity index is 1.99. The number of nitriles is 1. The Morgan fingerprint density at radius 2 is 1.92 bits per heavy atom. The van der Waals surface area contributed by atoms with Gasteiger partial charge in [-0.3, -0.25) is 9.59 Å². The maximum atomic E-state index is 12.0. The van der Waals surface area contributed by atoms with Crippen LogP contribution in [0.2, 0.25) is 5.02 Å². The molecule has 0 aliphatic rings. The van der Waals surface area contributed by atoms with E-state index in [4.69, 9.17) is 21.6 Å². The lowest BCUT2D eigenvalue weighted by atomic mass is 10.2. The molecule has 0 radical (unpaired) electrons. The first-order chi connectivity index (χ1) is 12.5. The van der Waals surface area contributed by atoms with E-state index in [1.165, 1.54) is 13.0 Å². The summed E-state index contributed by atoms with van der Waals surface area (Å²) in [5.74, 6) is 0.00295. The number of ether oxygens (including phenoxy) is 1.